The van der Waals surface area contributed by atoms with Gasteiger partial charge in [0.25, 0.3) is 0 Å². The molecule has 1 aliphatic carbocycles. The number of rotatable bonds is 6. The Morgan fingerprint density at radius 3 is 2.87 bits per heavy atom. The van der Waals surface area contributed by atoms with Gasteiger partial charge in [0.05, 0.1) is 30.3 Å². The summed E-state index contributed by atoms with van der Waals surface area (Å²) in [6.45, 7) is 3.77. The van der Waals surface area contributed by atoms with Crippen LogP contribution in [0.4, 0.5) is 0 Å². The second-order valence-electron chi connectivity index (χ2n) is 6.12. The van der Waals surface area contributed by atoms with Crippen molar-refractivity contribution in [2.45, 2.75) is 58.2 Å². The van der Waals surface area contributed by atoms with Crippen molar-refractivity contribution in [2.24, 2.45) is 5.92 Å². The van der Waals surface area contributed by atoms with Crippen LogP contribution in [-0.4, -0.2) is 46.2 Å². The Bertz CT molecular complexity index is 557. The van der Waals surface area contributed by atoms with E-state index in [1.807, 2.05) is 6.07 Å². The van der Waals surface area contributed by atoms with Crippen LogP contribution in [0.15, 0.2) is 10.6 Å². The van der Waals surface area contributed by atoms with Gasteiger partial charge in [-0.3, -0.25) is 9.59 Å². The maximum Gasteiger partial charge on any atom is 0.226 e. The van der Waals surface area contributed by atoms with Crippen LogP contribution in [0.2, 0.25) is 0 Å². The van der Waals surface area contributed by atoms with Crippen molar-refractivity contribution in [1.29, 1.82) is 0 Å². The fourth-order valence-corrected chi connectivity index (χ4v) is 3.02. The molecule has 1 aliphatic rings. The summed E-state index contributed by atoms with van der Waals surface area (Å²) in [6.07, 6.45) is 2.18. The van der Waals surface area contributed by atoms with Crippen LogP contribution in [0.3, 0.4) is 0 Å². The van der Waals surface area contributed by atoms with E-state index in [4.69, 9.17) is 4.52 Å². The third kappa shape index (κ3) is 4.10. The van der Waals surface area contributed by atoms with Crippen molar-refractivity contribution < 1.29 is 19.2 Å². The molecule has 0 spiro atoms. The minimum absolute atomic E-state index is 0.111. The molecule has 1 aromatic heterocycles. The molecule has 0 aliphatic heterocycles. The number of hydrogen-bond donors (Lipinski definition) is 2. The first-order valence-corrected chi connectivity index (χ1v) is 8.07. The second kappa shape index (κ2) is 7.59. The second-order valence-corrected chi connectivity index (χ2v) is 6.12. The standard InChI is InChI=1S/C16H25N3O4/c1-4-5-11-8-12(23-18-11)9-17-16(22)13-6-7-14(15(13)21)19(3)10(2)20/h8,13-15,21H,4-7,9H2,1-3H3,(H,17,22)/t13-,14-,15+/m1/s1. The van der Waals surface area contributed by atoms with E-state index >= 15 is 0 Å². The average Bonchev–Trinajstić information content (AvgIpc) is 3.11. The number of aliphatic hydroxyl groups is 1. The summed E-state index contributed by atoms with van der Waals surface area (Å²) in [5.74, 6) is -0.225. The number of carbonyl (C=O) groups is 2. The molecule has 0 unspecified atom stereocenters. The summed E-state index contributed by atoms with van der Waals surface area (Å²) in [4.78, 5) is 25.2. The Labute approximate surface area is 136 Å². The van der Waals surface area contributed by atoms with Gasteiger partial charge in [0.1, 0.15) is 0 Å². The van der Waals surface area contributed by atoms with E-state index in [1.165, 1.54) is 11.8 Å². The highest BCUT2D eigenvalue weighted by Crippen LogP contribution is 2.29. The Hall–Kier alpha value is -1.89. The number of aryl methyl sites for hydroxylation is 1. The van der Waals surface area contributed by atoms with E-state index in [0.29, 0.717) is 18.6 Å². The van der Waals surface area contributed by atoms with Gasteiger partial charge in [-0.2, -0.15) is 0 Å². The molecule has 1 fully saturated rings. The van der Waals surface area contributed by atoms with Gasteiger partial charge < -0.3 is 19.8 Å². The first-order chi connectivity index (χ1) is 10.9. The zero-order chi connectivity index (χ0) is 17.0. The van der Waals surface area contributed by atoms with Crippen LogP contribution in [0.5, 0.6) is 0 Å². The first-order valence-electron chi connectivity index (χ1n) is 8.07. The number of aliphatic hydroxyl groups excluding tert-OH is 1. The third-order valence-electron chi connectivity index (χ3n) is 4.46. The minimum Gasteiger partial charge on any atom is -0.390 e. The van der Waals surface area contributed by atoms with E-state index < -0.39 is 12.0 Å². The Kier molecular flexibility index (Phi) is 5.76. The van der Waals surface area contributed by atoms with Gasteiger partial charge in [0, 0.05) is 20.0 Å². The quantitative estimate of drug-likeness (QED) is 0.809. The molecule has 23 heavy (non-hydrogen) atoms. The number of hydrogen-bond acceptors (Lipinski definition) is 5. The number of amides is 2. The lowest BCUT2D eigenvalue weighted by molar-refractivity contribution is -0.134. The van der Waals surface area contributed by atoms with E-state index in [2.05, 4.69) is 17.4 Å². The zero-order valence-electron chi connectivity index (χ0n) is 13.9. The van der Waals surface area contributed by atoms with Crippen molar-refractivity contribution in [3.05, 3.63) is 17.5 Å². The number of aromatic nitrogens is 1. The molecule has 7 heteroatoms. The molecule has 0 radical (unpaired) electrons. The molecule has 1 heterocycles. The van der Waals surface area contributed by atoms with Crippen molar-refractivity contribution in [3.63, 3.8) is 0 Å². The zero-order valence-corrected chi connectivity index (χ0v) is 13.9. The lowest BCUT2D eigenvalue weighted by Crippen LogP contribution is -2.45. The van der Waals surface area contributed by atoms with Crippen molar-refractivity contribution >= 4 is 11.8 Å². The number of nitrogens with one attached hydrogen (secondary N) is 1. The smallest absolute Gasteiger partial charge is 0.226 e. The lowest BCUT2D eigenvalue weighted by atomic mass is 10.0. The molecule has 1 aromatic rings. The molecule has 2 amide bonds. The van der Waals surface area contributed by atoms with Crippen LogP contribution in [0.25, 0.3) is 0 Å². The van der Waals surface area contributed by atoms with Gasteiger partial charge >= 0.3 is 0 Å². The number of nitrogens with zero attached hydrogens (tertiary/aromatic N) is 2. The third-order valence-corrected chi connectivity index (χ3v) is 4.46. The summed E-state index contributed by atoms with van der Waals surface area (Å²) < 4.78 is 5.17. The SMILES string of the molecule is CCCc1cc(CNC(=O)[C@@H]2CC[C@@H](N(C)C(C)=O)[C@H]2O)on1. The van der Waals surface area contributed by atoms with E-state index in [0.717, 1.165) is 18.5 Å². The lowest BCUT2D eigenvalue weighted by Gasteiger charge is -2.27. The maximum atomic E-state index is 12.3. The maximum absolute atomic E-state index is 12.3. The molecule has 0 bridgehead atoms. The monoisotopic (exact) mass is 323 g/mol. The molecule has 1 saturated carbocycles. The predicted octanol–water partition coefficient (Wildman–Crippen LogP) is 0.861. The van der Waals surface area contributed by atoms with E-state index in [9.17, 15) is 14.7 Å². The fourth-order valence-electron chi connectivity index (χ4n) is 3.02. The Morgan fingerprint density at radius 2 is 2.22 bits per heavy atom. The predicted molar refractivity (Wildman–Crippen MR) is 83.3 cm³/mol. The average molecular weight is 323 g/mol. The van der Waals surface area contributed by atoms with Gasteiger partial charge in [-0.05, 0) is 19.3 Å². The van der Waals surface area contributed by atoms with Crippen LogP contribution < -0.4 is 5.32 Å². The van der Waals surface area contributed by atoms with Crippen molar-refractivity contribution in [3.8, 4) is 0 Å². The molecule has 0 saturated heterocycles. The first kappa shape index (κ1) is 17.5. The van der Waals surface area contributed by atoms with Gasteiger partial charge in [-0.15, -0.1) is 0 Å². The minimum atomic E-state index is -0.839. The molecule has 2 N–H and O–H groups in total. The highest BCUT2D eigenvalue weighted by atomic mass is 16.5. The van der Waals surface area contributed by atoms with E-state index in [1.54, 1.807) is 7.05 Å². The molecule has 0 aromatic carbocycles. The summed E-state index contributed by atoms with van der Waals surface area (Å²) in [5.41, 5.74) is 0.876. The van der Waals surface area contributed by atoms with Crippen LogP contribution in [0, 0.1) is 5.92 Å². The van der Waals surface area contributed by atoms with E-state index in [-0.39, 0.29) is 24.4 Å². The molecule has 7 nitrogen and oxygen atoms in total. The van der Waals surface area contributed by atoms with Crippen LogP contribution in [-0.2, 0) is 22.6 Å². The van der Waals surface area contributed by atoms with Gasteiger partial charge in [-0.1, -0.05) is 18.5 Å². The number of likely N-dealkylation sites (N-methyl/N-ethyl adjacent to an activating group) is 1. The molecular formula is C16H25N3O4. The molecule has 2 rings (SSSR count). The summed E-state index contributed by atoms with van der Waals surface area (Å²) >= 11 is 0. The van der Waals surface area contributed by atoms with Gasteiger partial charge in [0.2, 0.25) is 11.8 Å². The van der Waals surface area contributed by atoms with Gasteiger partial charge in [-0.25, -0.2) is 0 Å². The normalized spacial score (nSPS) is 23.7. The summed E-state index contributed by atoms with van der Waals surface area (Å²) in [7, 11) is 1.65. The van der Waals surface area contributed by atoms with Crippen molar-refractivity contribution in [2.75, 3.05) is 7.05 Å². The fraction of sp³-hybridized carbons (Fsp3) is 0.688. The highest BCUT2D eigenvalue weighted by molar-refractivity contribution is 5.80. The topological polar surface area (TPSA) is 95.7 Å². The molecular weight excluding hydrogens is 298 g/mol. The summed E-state index contributed by atoms with van der Waals surface area (Å²) in [6, 6.07) is 1.53. The number of carbonyl (C=O) groups excluding carboxylic acids is 2. The molecule has 3 atom stereocenters. The van der Waals surface area contributed by atoms with Gasteiger partial charge in [0.15, 0.2) is 5.76 Å². The van der Waals surface area contributed by atoms with Crippen molar-refractivity contribution in [1.82, 2.24) is 15.4 Å². The Balaban J connectivity index is 1.87. The Morgan fingerprint density at radius 1 is 1.48 bits per heavy atom. The van der Waals surface area contributed by atoms with Crippen LogP contribution >= 0.6 is 0 Å². The molecule has 128 valence electrons. The largest absolute Gasteiger partial charge is 0.390 e. The van der Waals surface area contributed by atoms with Crippen LogP contribution in [0.1, 0.15) is 44.6 Å². The highest BCUT2D eigenvalue weighted by Gasteiger charge is 2.41. The summed E-state index contributed by atoms with van der Waals surface area (Å²) in [5, 5.41) is 17.0.